The second-order valence-corrected chi connectivity index (χ2v) is 15.7. The van der Waals surface area contributed by atoms with Crippen LogP contribution in [0.25, 0.3) is 34.4 Å². The molecule has 0 nitrogen and oxygen atoms in total. The fourth-order valence-electron chi connectivity index (χ4n) is 5.68. The van der Waals surface area contributed by atoms with E-state index >= 15 is 0 Å². The van der Waals surface area contributed by atoms with Crippen LogP contribution < -0.4 is 0 Å². The van der Waals surface area contributed by atoms with Crippen molar-refractivity contribution in [1.82, 2.24) is 0 Å². The van der Waals surface area contributed by atoms with Crippen LogP contribution in [0.3, 0.4) is 0 Å². The molecule has 2 aliphatic rings. The fourth-order valence-corrected chi connectivity index (χ4v) is 13.6. The molecular formula is C33H28Zr. The molecule has 0 aromatic heterocycles. The molecule has 0 saturated carbocycles. The van der Waals surface area contributed by atoms with Gasteiger partial charge in [0.15, 0.2) is 0 Å². The first-order valence-electron chi connectivity index (χ1n) is 12.3. The van der Waals surface area contributed by atoms with Crippen molar-refractivity contribution in [2.45, 2.75) is 20.6 Å². The molecule has 0 saturated heterocycles. The van der Waals surface area contributed by atoms with Crippen LogP contribution in [0.1, 0.15) is 42.8 Å². The van der Waals surface area contributed by atoms with Gasteiger partial charge in [0.05, 0.1) is 0 Å². The van der Waals surface area contributed by atoms with Crippen LogP contribution in [0.4, 0.5) is 0 Å². The van der Waals surface area contributed by atoms with Crippen LogP contribution in [-0.4, -0.2) is 3.71 Å². The van der Waals surface area contributed by atoms with E-state index in [4.69, 9.17) is 0 Å². The summed E-state index contributed by atoms with van der Waals surface area (Å²) in [6.45, 7) is 2.32. The third-order valence-electron chi connectivity index (χ3n) is 7.19. The summed E-state index contributed by atoms with van der Waals surface area (Å²) in [5.41, 5.74) is 11.3. The summed E-state index contributed by atoms with van der Waals surface area (Å²) in [6.07, 6.45) is 11.0. The van der Waals surface area contributed by atoms with Gasteiger partial charge in [0.2, 0.25) is 0 Å². The Hall–Kier alpha value is -2.89. The summed E-state index contributed by atoms with van der Waals surface area (Å²) in [4.78, 5) is 0. The third-order valence-corrected chi connectivity index (χ3v) is 15.4. The first-order valence-corrected chi connectivity index (χ1v) is 16.5. The van der Waals surface area contributed by atoms with Crippen molar-refractivity contribution >= 4 is 15.9 Å². The zero-order valence-corrected chi connectivity index (χ0v) is 21.9. The van der Waals surface area contributed by atoms with Crippen LogP contribution in [0.5, 0.6) is 0 Å². The fraction of sp³-hybridized carbons (Fsp3) is 0.121. The van der Waals surface area contributed by atoms with Gasteiger partial charge in [-0.05, 0) is 0 Å². The molecule has 2 aliphatic carbocycles. The summed E-state index contributed by atoms with van der Waals surface area (Å²) < 4.78 is 3.91. The molecule has 0 aliphatic heterocycles. The molecule has 0 N–H and O–H groups in total. The molecule has 6 rings (SSSR count). The average Bonchev–Trinajstić information content (AvgIpc) is 3.53. The number of hydrogen-bond donors (Lipinski definition) is 0. The van der Waals surface area contributed by atoms with E-state index in [-0.39, 0.29) is 0 Å². The molecule has 0 bridgehead atoms. The molecule has 2 atom stereocenters. The number of allylic oxidation sites excluding steroid dienone is 2. The number of hydrogen-bond acceptors (Lipinski definition) is 0. The average molecular weight is 516 g/mol. The van der Waals surface area contributed by atoms with E-state index in [0.29, 0.717) is 7.25 Å². The molecule has 1 heteroatoms. The Morgan fingerprint density at radius 2 is 1.06 bits per heavy atom. The van der Waals surface area contributed by atoms with Gasteiger partial charge in [0.25, 0.3) is 0 Å². The Morgan fingerprint density at radius 1 is 0.588 bits per heavy atom. The van der Waals surface area contributed by atoms with E-state index in [2.05, 4.69) is 132 Å². The minimum atomic E-state index is -2.08. The molecule has 0 fully saturated rings. The van der Waals surface area contributed by atoms with Gasteiger partial charge >= 0.3 is 211 Å². The molecule has 2 unspecified atom stereocenters. The predicted octanol–water partition coefficient (Wildman–Crippen LogP) is 8.69. The zero-order valence-electron chi connectivity index (χ0n) is 19.5. The summed E-state index contributed by atoms with van der Waals surface area (Å²) in [7, 11) is 0. The van der Waals surface area contributed by atoms with E-state index in [1.807, 2.05) is 0 Å². The summed E-state index contributed by atoms with van der Waals surface area (Å²) in [5.74, 6) is 0. The molecular weight excluding hydrogens is 488 g/mol. The first-order chi connectivity index (χ1) is 16.8. The standard InChI is InChI=1S/2C15H11.C3H6.Zr/c2*1-2-6-12(7-3-1)14-10-4-8-13-9-5-11-15(13)14;1-3-2;/h2*1-11H;1H,3H2,2H3;. The second-order valence-electron chi connectivity index (χ2n) is 9.13. The van der Waals surface area contributed by atoms with E-state index in [9.17, 15) is 0 Å². The van der Waals surface area contributed by atoms with Crippen molar-refractivity contribution in [1.29, 1.82) is 0 Å². The monoisotopic (exact) mass is 514 g/mol. The van der Waals surface area contributed by atoms with E-state index in [1.165, 1.54) is 33.4 Å². The van der Waals surface area contributed by atoms with Crippen molar-refractivity contribution < 1.29 is 21.3 Å². The Bertz CT molecular complexity index is 1320. The van der Waals surface area contributed by atoms with Crippen LogP contribution in [-0.2, 0) is 21.3 Å². The molecule has 4 aromatic carbocycles. The summed E-state index contributed by atoms with van der Waals surface area (Å²) >= 11 is -2.08. The zero-order chi connectivity index (χ0) is 22.9. The molecule has 0 amide bonds. The van der Waals surface area contributed by atoms with Crippen molar-refractivity contribution in [2.24, 2.45) is 0 Å². The Morgan fingerprint density at radius 3 is 1.50 bits per heavy atom. The van der Waals surface area contributed by atoms with Crippen molar-refractivity contribution in [3.8, 4) is 22.3 Å². The number of fused-ring (bicyclic) bond motifs is 2. The Labute approximate surface area is 210 Å². The maximum absolute atomic E-state index is 2.74. The number of benzene rings is 4. The quantitative estimate of drug-likeness (QED) is 0.249. The molecule has 0 radical (unpaired) electrons. The van der Waals surface area contributed by atoms with Gasteiger partial charge in [-0.2, -0.15) is 0 Å². The van der Waals surface area contributed by atoms with Gasteiger partial charge in [-0.1, -0.05) is 0 Å². The SMILES string of the molecule is CC[CH]=[Zr]([CH]1C=Cc2c(-c3ccccc3)cccc21)[CH]1C=Cc2c(-c3ccccc3)cccc21. The molecule has 4 aromatic rings. The van der Waals surface area contributed by atoms with Crippen molar-refractivity contribution in [3.63, 3.8) is 0 Å². The van der Waals surface area contributed by atoms with Gasteiger partial charge < -0.3 is 0 Å². The topological polar surface area (TPSA) is 0 Å². The van der Waals surface area contributed by atoms with E-state index < -0.39 is 21.3 Å². The van der Waals surface area contributed by atoms with Gasteiger partial charge in [0, 0.05) is 0 Å². The molecule has 164 valence electrons. The van der Waals surface area contributed by atoms with Crippen molar-refractivity contribution in [3.05, 3.63) is 131 Å². The van der Waals surface area contributed by atoms with Gasteiger partial charge in [-0.3, -0.25) is 0 Å². The third kappa shape index (κ3) is 3.77. The number of rotatable bonds is 5. The van der Waals surface area contributed by atoms with Crippen LogP contribution in [0.2, 0.25) is 0 Å². The Balaban J connectivity index is 1.41. The summed E-state index contributed by atoms with van der Waals surface area (Å²) in [6, 6.07) is 35.5. The van der Waals surface area contributed by atoms with Crippen molar-refractivity contribution in [2.75, 3.05) is 0 Å². The van der Waals surface area contributed by atoms with Crippen LogP contribution in [0.15, 0.2) is 109 Å². The molecule has 0 heterocycles. The minimum absolute atomic E-state index is 0.585. The maximum atomic E-state index is 2.74. The van der Waals surface area contributed by atoms with Gasteiger partial charge in [-0.15, -0.1) is 0 Å². The van der Waals surface area contributed by atoms with E-state index in [0.717, 1.165) is 6.42 Å². The van der Waals surface area contributed by atoms with E-state index in [1.54, 1.807) is 11.1 Å². The van der Waals surface area contributed by atoms with Crippen LogP contribution in [0, 0.1) is 0 Å². The van der Waals surface area contributed by atoms with Crippen LogP contribution >= 0.6 is 0 Å². The Kier molecular flexibility index (Phi) is 5.98. The van der Waals surface area contributed by atoms with Gasteiger partial charge in [0.1, 0.15) is 0 Å². The molecule has 0 spiro atoms. The molecule has 34 heavy (non-hydrogen) atoms. The van der Waals surface area contributed by atoms with Gasteiger partial charge in [-0.25, -0.2) is 0 Å². The second kappa shape index (κ2) is 9.40. The predicted molar refractivity (Wildman–Crippen MR) is 144 cm³/mol. The normalized spacial score (nSPS) is 17.4. The first kappa shape index (κ1) is 21.6. The summed E-state index contributed by atoms with van der Waals surface area (Å²) in [5, 5.41) is 0.